The molecule has 0 N–H and O–H groups in total. The summed E-state index contributed by atoms with van der Waals surface area (Å²) >= 11 is 3.46. The highest BCUT2D eigenvalue weighted by molar-refractivity contribution is 9.10. The Kier molecular flexibility index (Phi) is 1.73. The van der Waals surface area contributed by atoms with Crippen molar-refractivity contribution in [3.63, 3.8) is 0 Å². The Balaban J connectivity index is 2.78. The van der Waals surface area contributed by atoms with Crippen molar-refractivity contribution in [2.24, 2.45) is 11.3 Å². The summed E-state index contributed by atoms with van der Waals surface area (Å²) in [6, 6.07) is 4.14. The van der Waals surface area contributed by atoms with E-state index in [0.29, 0.717) is 6.42 Å². The number of nitrogens with zero attached hydrogens (tertiary/aromatic N) is 2. The lowest BCUT2D eigenvalue weighted by atomic mass is 10.00. The van der Waals surface area contributed by atoms with E-state index >= 15 is 0 Å². The molecule has 11 heavy (non-hydrogen) atoms. The topological polar surface area (TPSA) is 47.6 Å². The maximum Gasteiger partial charge on any atom is 0.148 e. The van der Waals surface area contributed by atoms with Crippen LogP contribution in [0.4, 0.5) is 0 Å². The Bertz CT molecular complexity index is 237. The van der Waals surface area contributed by atoms with Crippen molar-refractivity contribution in [1.29, 1.82) is 10.5 Å². The van der Waals surface area contributed by atoms with E-state index in [4.69, 9.17) is 10.5 Å². The van der Waals surface area contributed by atoms with Gasteiger partial charge in [0.05, 0.1) is 12.1 Å². The zero-order valence-corrected chi connectivity index (χ0v) is 8.14. The lowest BCUT2D eigenvalue weighted by Crippen LogP contribution is -2.17. The molecule has 1 unspecified atom stereocenters. The smallest absolute Gasteiger partial charge is 0.148 e. The van der Waals surface area contributed by atoms with Gasteiger partial charge in [-0.2, -0.15) is 10.5 Å². The molecule has 0 radical (unpaired) electrons. The van der Waals surface area contributed by atoms with Crippen LogP contribution in [0.2, 0.25) is 0 Å². The summed E-state index contributed by atoms with van der Waals surface area (Å²) in [4.78, 5) is 0. The van der Waals surface area contributed by atoms with E-state index in [-0.39, 0.29) is 10.2 Å². The molecule has 0 aromatic rings. The van der Waals surface area contributed by atoms with Gasteiger partial charge in [-0.15, -0.1) is 0 Å². The van der Waals surface area contributed by atoms with Crippen LogP contribution in [-0.2, 0) is 0 Å². The first kappa shape index (κ1) is 8.56. The monoisotopic (exact) mass is 212 g/mol. The molecule has 0 saturated heterocycles. The summed E-state index contributed by atoms with van der Waals surface area (Å²) in [5, 5.41) is 17.4. The third-order valence-electron chi connectivity index (χ3n) is 2.19. The number of alkyl halides is 1. The van der Waals surface area contributed by atoms with Gasteiger partial charge in [-0.25, -0.2) is 0 Å². The van der Waals surface area contributed by atoms with Crippen LogP contribution in [-0.4, -0.2) is 4.32 Å². The first-order valence-corrected chi connectivity index (χ1v) is 4.27. The zero-order chi connectivity index (χ0) is 8.70. The van der Waals surface area contributed by atoms with Crippen LogP contribution in [0, 0.1) is 34.0 Å². The normalized spacial score (nSPS) is 26.8. The van der Waals surface area contributed by atoms with Crippen molar-refractivity contribution in [2.45, 2.75) is 24.6 Å². The Morgan fingerprint density at radius 1 is 1.45 bits per heavy atom. The van der Waals surface area contributed by atoms with Crippen LogP contribution < -0.4 is 0 Å². The molecule has 1 aliphatic carbocycles. The second kappa shape index (κ2) is 2.22. The molecule has 0 spiro atoms. The highest BCUT2D eigenvalue weighted by Gasteiger charge is 2.61. The van der Waals surface area contributed by atoms with Gasteiger partial charge in [-0.3, -0.25) is 0 Å². The van der Waals surface area contributed by atoms with E-state index in [1.54, 1.807) is 0 Å². The largest absolute Gasteiger partial charge is 0.197 e. The molecular formula is C8H9BrN2. The molecular weight excluding hydrogens is 204 g/mol. The van der Waals surface area contributed by atoms with Crippen molar-refractivity contribution >= 4 is 15.9 Å². The van der Waals surface area contributed by atoms with E-state index < -0.39 is 5.41 Å². The number of halogens is 1. The van der Waals surface area contributed by atoms with Crippen LogP contribution >= 0.6 is 15.9 Å². The molecule has 0 aliphatic heterocycles. The maximum atomic E-state index is 8.70. The van der Waals surface area contributed by atoms with Crippen molar-refractivity contribution in [3.8, 4) is 12.1 Å². The highest BCUT2D eigenvalue weighted by Crippen LogP contribution is 2.59. The predicted molar refractivity (Wildman–Crippen MR) is 44.8 cm³/mol. The summed E-state index contributed by atoms with van der Waals surface area (Å²) in [6.07, 6.45) is 0.707. The third-order valence-corrected chi connectivity index (χ3v) is 2.74. The Hall–Kier alpha value is -0.540. The maximum absolute atomic E-state index is 8.70. The zero-order valence-electron chi connectivity index (χ0n) is 6.56. The molecule has 0 aromatic carbocycles. The van der Waals surface area contributed by atoms with Gasteiger partial charge in [-0.05, 0) is 20.3 Å². The standard InChI is InChI=1S/C8H9BrN2/c1-7(2,9)6-3-8(6,4-10)5-11/h6H,3H2,1-2H3. The minimum atomic E-state index is -0.701. The molecule has 0 aromatic heterocycles. The van der Waals surface area contributed by atoms with Gasteiger partial charge >= 0.3 is 0 Å². The average molecular weight is 213 g/mol. The molecule has 2 nitrogen and oxygen atoms in total. The fourth-order valence-corrected chi connectivity index (χ4v) is 1.92. The minimum absolute atomic E-state index is 0.0849. The Morgan fingerprint density at radius 2 is 1.91 bits per heavy atom. The third kappa shape index (κ3) is 1.26. The Labute approximate surface area is 74.9 Å². The molecule has 0 amide bonds. The molecule has 1 rings (SSSR count). The molecule has 0 heterocycles. The van der Waals surface area contributed by atoms with Crippen LogP contribution in [0.15, 0.2) is 0 Å². The van der Waals surface area contributed by atoms with Gasteiger partial charge in [0.15, 0.2) is 0 Å². The van der Waals surface area contributed by atoms with Crippen LogP contribution in [0.5, 0.6) is 0 Å². The second-order valence-electron chi connectivity index (χ2n) is 3.52. The molecule has 0 bridgehead atoms. The number of hydrogen-bond acceptors (Lipinski definition) is 2. The lowest BCUT2D eigenvalue weighted by Gasteiger charge is -2.15. The van der Waals surface area contributed by atoms with E-state index in [9.17, 15) is 0 Å². The van der Waals surface area contributed by atoms with Crippen LogP contribution in [0.1, 0.15) is 20.3 Å². The second-order valence-corrected chi connectivity index (χ2v) is 5.56. The molecule has 1 fully saturated rings. The number of nitriles is 2. The number of rotatable bonds is 1. The summed E-state index contributed by atoms with van der Waals surface area (Å²) in [5.41, 5.74) is -0.701. The molecule has 3 heteroatoms. The van der Waals surface area contributed by atoms with Gasteiger partial charge in [-0.1, -0.05) is 15.9 Å². The SMILES string of the molecule is CC(C)(Br)C1CC1(C#N)C#N. The number of hydrogen-bond donors (Lipinski definition) is 0. The highest BCUT2D eigenvalue weighted by atomic mass is 79.9. The van der Waals surface area contributed by atoms with Gasteiger partial charge < -0.3 is 0 Å². The Morgan fingerprint density at radius 3 is 2.00 bits per heavy atom. The van der Waals surface area contributed by atoms with Crippen LogP contribution in [0.25, 0.3) is 0 Å². The summed E-state index contributed by atoms with van der Waals surface area (Å²) in [6.45, 7) is 3.99. The van der Waals surface area contributed by atoms with Crippen molar-refractivity contribution in [3.05, 3.63) is 0 Å². The molecule has 58 valence electrons. The fraction of sp³-hybridized carbons (Fsp3) is 0.750. The van der Waals surface area contributed by atoms with Gasteiger partial charge in [0.25, 0.3) is 0 Å². The van der Waals surface area contributed by atoms with Crippen molar-refractivity contribution < 1.29 is 0 Å². The van der Waals surface area contributed by atoms with Gasteiger partial charge in [0.2, 0.25) is 0 Å². The van der Waals surface area contributed by atoms with Gasteiger partial charge in [0.1, 0.15) is 5.41 Å². The van der Waals surface area contributed by atoms with Gasteiger partial charge in [0, 0.05) is 10.2 Å². The summed E-state index contributed by atoms with van der Waals surface area (Å²) in [5.74, 6) is 0.185. The lowest BCUT2D eigenvalue weighted by molar-refractivity contribution is 0.575. The molecule has 1 saturated carbocycles. The molecule has 1 atom stereocenters. The summed E-state index contributed by atoms with van der Waals surface area (Å²) in [7, 11) is 0. The van der Waals surface area contributed by atoms with E-state index in [1.807, 2.05) is 13.8 Å². The van der Waals surface area contributed by atoms with E-state index in [1.165, 1.54) is 0 Å². The van der Waals surface area contributed by atoms with Crippen molar-refractivity contribution in [1.82, 2.24) is 0 Å². The van der Waals surface area contributed by atoms with E-state index in [2.05, 4.69) is 28.1 Å². The minimum Gasteiger partial charge on any atom is -0.197 e. The first-order valence-electron chi connectivity index (χ1n) is 3.48. The quantitative estimate of drug-likeness (QED) is 0.627. The average Bonchev–Trinajstić information content (AvgIpc) is 2.61. The first-order chi connectivity index (χ1) is 4.96. The fourth-order valence-electron chi connectivity index (χ4n) is 1.36. The predicted octanol–water partition coefficient (Wildman–Crippen LogP) is 2.21. The van der Waals surface area contributed by atoms with Crippen LogP contribution in [0.3, 0.4) is 0 Å². The van der Waals surface area contributed by atoms with E-state index in [0.717, 1.165) is 0 Å². The van der Waals surface area contributed by atoms with Crippen molar-refractivity contribution in [2.75, 3.05) is 0 Å². The summed E-state index contributed by atoms with van der Waals surface area (Å²) < 4.78 is -0.0849. The molecule has 1 aliphatic rings.